The lowest BCUT2D eigenvalue weighted by molar-refractivity contribution is -0.116. The molecule has 1 aliphatic heterocycles. The first-order chi connectivity index (χ1) is 10.1. The second-order valence-electron chi connectivity index (χ2n) is 5.16. The molecule has 0 saturated carbocycles. The maximum Gasteiger partial charge on any atom is 0.224 e. The first kappa shape index (κ1) is 13.6. The number of nitrogens with zero attached hydrogens (tertiary/aromatic N) is 1. The predicted octanol–water partition coefficient (Wildman–Crippen LogP) is 2.78. The van der Waals surface area contributed by atoms with Crippen LogP contribution in [0.4, 0.5) is 5.69 Å². The minimum atomic E-state index is -0.148. The number of rotatable bonds is 3. The van der Waals surface area contributed by atoms with Gasteiger partial charge < -0.3 is 15.8 Å². The normalized spacial score (nSPS) is 15.0. The Morgan fingerprint density at radius 2 is 2.19 bits per heavy atom. The van der Waals surface area contributed by atoms with Gasteiger partial charge in [-0.15, -0.1) is 0 Å². The van der Waals surface area contributed by atoms with Gasteiger partial charge in [0.05, 0.1) is 0 Å². The van der Waals surface area contributed by atoms with Gasteiger partial charge in [0.2, 0.25) is 11.8 Å². The zero-order valence-electron chi connectivity index (χ0n) is 11.8. The summed E-state index contributed by atoms with van der Waals surface area (Å²) in [5, 5.41) is 2.85. The molecule has 1 aromatic carbocycles. The van der Waals surface area contributed by atoms with E-state index in [2.05, 4.69) is 10.3 Å². The molecule has 1 aromatic heterocycles. The SMILES string of the molecule is C[C@H](N)c1cccnc1Oc1ccc2c(c1)CCC(=O)N2. The Morgan fingerprint density at radius 3 is 3.00 bits per heavy atom. The summed E-state index contributed by atoms with van der Waals surface area (Å²) in [4.78, 5) is 15.6. The topological polar surface area (TPSA) is 77.2 Å². The van der Waals surface area contributed by atoms with Gasteiger partial charge in [0.25, 0.3) is 0 Å². The summed E-state index contributed by atoms with van der Waals surface area (Å²) in [5.41, 5.74) is 8.72. The molecule has 5 heteroatoms. The molecule has 0 fully saturated rings. The summed E-state index contributed by atoms with van der Waals surface area (Å²) in [5.74, 6) is 1.28. The van der Waals surface area contributed by atoms with Gasteiger partial charge in [-0.25, -0.2) is 4.98 Å². The number of benzene rings is 1. The number of hydrogen-bond acceptors (Lipinski definition) is 4. The van der Waals surface area contributed by atoms with Crippen LogP contribution in [-0.2, 0) is 11.2 Å². The van der Waals surface area contributed by atoms with Crippen LogP contribution in [0.25, 0.3) is 0 Å². The van der Waals surface area contributed by atoms with Crippen molar-refractivity contribution in [1.29, 1.82) is 0 Å². The summed E-state index contributed by atoms with van der Waals surface area (Å²) < 4.78 is 5.86. The quantitative estimate of drug-likeness (QED) is 0.908. The third kappa shape index (κ3) is 2.87. The van der Waals surface area contributed by atoms with E-state index < -0.39 is 0 Å². The number of aryl methyl sites for hydroxylation is 1. The maximum atomic E-state index is 11.4. The van der Waals surface area contributed by atoms with E-state index in [1.807, 2.05) is 37.3 Å². The number of anilines is 1. The van der Waals surface area contributed by atoms with Crippen LogP contribution in [0.15, 0.2) is 36.5 Å². The highest BCUT2D eigenvalue weighted by Gasteiger charge is 2.16. The Kier molecular flexibility index (Phi) is 3.58. The first-order valence-corrected chi connectivity index (χ1v) is 6.94. The highest BCUT2D eigenvalue weighted by atomic mass is 16.5. The van der Waals surface area contributed by atoms with Gasteiger partial charge in [0, 0.05) is 29.9 Å². The molecular weight excluding hydrogens is 266 g/mol. The third-order valence-electron chi connectivity index (χ3n) is 3.48. The number of carbonyl (C=O) groups is 1. The Bertz CT molecular complexity index is 683. The second kappa shape index (κ2) is 5.54. The van der Waals surface area contributed by atoms with Crippen LogP contribution in [0.5, 0.6) is 11.6 Å². The summed E-state index contributed by atoms with van der Waals surface area (Å²) >= 11 is 0. The molecule has 3 N–H and O–H groups in total. The van der Waals surface area contributed by atoms with E-state index in [1.54, 1.807) is 6.20 Å². The number of amides is 1. The molecule has 2 heterocycles. The minimum Gasteiger partial charge on any atom is -0.439 e. The summed E-state index contributed by atoms with van der Waals surface area (Å²) in [7, 11) is 0. The molecule has 0 saturated heterocycles. The van der Waals surface area contributed by atoms with Gasteiger partial charge in [0.15, 0.2) is 0 Å². The van der Waals surface area contributed by atoms with Gasteiger partial charge in [0.1, 0.15) is 5.75 Å². The van der Waals surface area contributed by atoms with E-state index in [1.165, 1.54) is 0 Å². The summed E-state index contributed by atoms with van der Waals surface area (Å²) in [6.07, 6.45) is 2.91. The van der Waals surface area contributed by atoms with E-state index in [0.29, 0.717) is 18.1 Å². The number of ether oxygens (including phenoxy) is 1. The molecule has 2 aromatic rings. The monoisotopic (exact) mass is 283 g/mol. The lowest BCUT2D eigenvalue weighted by Crippen LogP contribution is -2.18. The molecule has 21 heavy (non-hydrogen) atoms. The third-order valence-corrected chi connectivity index (χ3v) is 3.48. The number of hydrogen-bond donors (Lipinski definition) is 2. The number of nitrogens with one attached hydrogen (secondary N) is 1. The number of carbonyl (C=O) groups excluding carboxylic acids is 1. The molecule has 0 aliphatic carbocycles. The van der Waals surface area contributed by atoms with Crippen LogP contribution in [0.1, 0.15) is 30.5 Å². The molecule has 0 spiro atoms. The highest BCUT2D eigenvalue weighted by molar-refractivity contribution is 5.94. The molecule has 1 aliphatic rings. The van der Waals surface area contributed by atoms with Gasteiger partial charge in [-0.3, -0.25) is 4.79 Å². The average molecular weight is 283 g/mol. The van der Waals surface area contributed by atoms with Gasteiger partial charge in [-0.05, 0) is 43.2 Å². The van der Waals surface area contributed by atoms with E-state index >= 15 is 0 Å². The van der Waals surface area contributed by atoms with E-state index in [4.69, 9.17) is 10.5 Å². The smallest absolute Gasteiger partial charge is 0.224 e. The number of pyridine rings is 1. The zero-order valence-corrected chi connectivity index (χ0v) is 11.8. The number of fused-ring (bicyclic) bond motifs is 1. The molecule has 0 bridgehead atoms. The van der Waals surface area contributed by atoms with Crippen molar-refractivity contribution in [1.82, 2.24) is 4.98 Å². The fraction of sp³-hybridized carbons (Fsp3) is 0.250. The Hall–Kier alpha value is -2.40. The van der Waals surface area contributed by atoms with E-state index in [9.17, 15) is 4.79 Å². The molecule has 1 atom stereocenters. The molecule has 0 radical (unpaired) electrons. The summed E-state index contributed by atoms with van der Waals surface area (Å²) in [6.45, 7) is 1.90. The zero-order chi connectivity index (χ0) is 14.8. The maximum absolute atomic E-state index is 11.4. The summed E-state index contributed by atoms with van der Waals surface area (Å²) in [6, 6.07) is 9.22. The van der Waals surface area contributed by atoms with E-state index in [-0.39, 0.29) is 11.9 Å². The Balaban J connectivity index is 1.88. The minimum absolute atomic E-state index is 0.0557. The van der Waals surface area contributed by atoms with Crippen molar-refractivity contribution in [3.63, 3.8) is 0 Å². The van der Waals surface area contributed by atoms with Crippen molar-refractivity contribution >= 4 is 11.6 Å². The van der Waals surface area contributed by atoms with Crippen molar-refractivity contribution in [3.8, 4) is 11.6 Å². The average Bonchev–Trinajstić information content (AvgIpc) is 2.48. The predicted molar refractivity (Wildman–Crippen MR) is 80.3 cm³/mol. The Morgan fingerprint density at radius 1 is 1.33 bits per heavy atom. The first-order valence-electron chi connectivity index (χ1n) is 6.94. The molecular formula is C16H17N3O2. The number of aromatic nitrogens is 1. The highest BCUT2D eigenvalue weighted by Crippen LogP contribution is 2.31. The van der Waals surface area contributed by atoms with Crippen LogP contribution in [0.2, 0.25) is 0 Å². The lowest BCUT2D eigenvalue weighted by atomic mass is 10.0. The van der Waals surface area contributed by atoms with Crippen molar-refractivity contribution in [2.45, 2.75) is 25.8 Å². The lowest BCUT2D eigenvalue weighted by Gasteiger charge is -2.18. The van der Waals surface area contributed by atoms with Crippen LogP contribution in [-0.4, -0.2) is 10.9 Å². The van der Waals surface area contributed by atoms with Gasteiger partial charge in [-0.1, -0.05) is 6.07 Å². The molecule has 108 valence electrons. The van der Waals surface area contributed by atoms with Crippen LogP contribution in [0, 0.1) is 0 Å². The fourth-order valence-corrected chi connectivity index (χ4v) is 2.37. The van der Waals surface area contributed by atoms with Crippen molar-refractivity contribution in [3.05, 3.63) is 47.7 Å². The molecule has 5 nitrogen and oxygen atoms in total. The van der Waals surface area contributed by atoms with Crippen LogP contribution < -0.4 is 15.8 Å². The van der Waals surface area contributed by atoms with Crippen molar-refractivity contribution in [2.75, 3.05) is 5.32 Å². The molecule has 1 amide bonds. The molecule has 3 rings (SSSR count). The number of nitrogens with two attached hydrogens (primary N) is 1. The Labute approximate surface area is 123 Å². The standard InChI is InChI=1S/C16H17N3O2/c1-10(17)13-3-2-8-18-16(13)21-12-5-6-14-11(9-12)4-7-15(20)19-14/h2-3,5-6,8-10H,4,7,17H2,1H3,(H,19,20)/t10-/m0/s1. The second-order valence-corrected chi connectivity index (χ2v) is 5.16. The van der Waals surface area contributed by atoms with Gasteiger partial charge in [-0.2, -0.15) is 0 Å². The largest absolute Gasteiger partial charge is 0.439 e. The molecule has 0 unspecified atom stereocenters. The van der Waals surface area contributed by atoms with Crippen molar-refractivity contribution in [2.24, 2.45) is 5.73 Å². The van der Waals surface area contributed by atoms with Gasteiger partial charge >= 0.3 is 0 Å². The van der Waals surface area contributed by atoms with Crippen LogP contribution >= 0.6 is 0 Å². The van der Waals surface area contributed by atoms with E-state index in [0.717, 1.165) is 23.2 Å². The fourth-order valence-electron chi connectivity index (χ4n) is 2.37. The van der Waals surface area contributed by atoms with Crippen LogP contribution in [0.3, 0.4) is 0 Å². The van der Waals surface area contributed by atoms with Crippen molar-refractivity contribution < 1.29 is 9.53 Å².